The van der Waals surface area contributed by atoms with E-state index < -0.39 is 5.97 Å². The molecule has 0 atom stereocenters. The lowest BCUT2D eigenvalue weighted by Crippen LogP contribution is -2.03. The number of benzene rings is 2. The standard InChI is InChI=1S/C20H18O6/c1-11-15-7-13(10-21)8-18(24-4)20(15)26-19(11)14-5-6-16(25-12(2)22)17(9-14)23-3/h5-10H,1-4H3. The molecule has 0 aliphatic rings. The molecule has 6 nitrogen and oxygen atoms in total. The van der Waals surface area contributed by atoms with Crippen LogP contribution in [-0.4, -0.2) is 26.5 Å². The molecule has 0 radical (unpaired) electrons. The van der Waals surface area contributed by atoms with Gasteiger partial charge in [-0.15, -0.1) is 0 Å². The normalized spacial score (nSPS) is 10.6. The largest absolute Gasteiger partial charge is 0.493 e. The zero-order chi connectivity index (χ0) is 18.8. The molecule has 0 N–H and O–H groups in total. The first-order valence-electron chi connectivity index (χ1n) is 7.91. The van der Waals surface area contributed by atoms with Gasteiger partial charge in [0.15, 0.2) is 22.8 Å². The van der Waals surface area contributed by atoms with Crippen molar-refractivity contribution in [3.8, 4) is 28.6 Å². The maximum absolute atomic E-state index is 11.2. The summed E-state index contributed by atoms with van der Waals surface area (Å²) in [6.45, 7) is 3.23. The van der Waals surface area contributed by atoms with Crippen LogP contribution in [0.25, 0.3) is 22.3 Å². The molecular formula is C20H18O6. The van der Waals surface area contributed by atoms with Gasteiger partial charge in [0, 0.05) is 29.0 Å². The van der Waals surface area contributed by atoms with Crippen LogP contribution >= 0.6 is 0 Å². The summed E-state index contributed by atoms with van der Waals surface area (Å²) in [5, 5.41) is 0.796. The van der Waals surface area contributed by atoms with Gasteiger partial charge in [-0.2, -0.15) is 0 Å². The molecule has 0 saturated heterocycles. The molecule has 0 spiro atoms. The van der Waals surface area contributed by atoms with Crippen LogP contribution in [-0.2, 0) is 4.79 Å². The predicted molar refractivity (Wildman–Crippen MR) is 96.2 cm³/mol. The summed E-state index contributed by atoms with van der Waals surface area (Å²) in [5.41, 5.74) is 2.69. The maximum atomic E-state index is 11.2. The van der Waals surface area contributed by atoms with Crippen LogP contribution in [0.2, 0.25) is 0 Å². The summed E-state index contributed by atoms with van der Waals surface area (Å²) in [5.74, 6) is 1.43. The monoisotopic (exact) mass is 354 g/mol. The molecule has 3 rings (SSSR count). The first-order chi connectivity index (χ1) is 12.5. The number of carbonyl (C=O) groups is 2. The number of aryl methyl sites for hydroxylation is 1. The third kappa shape index (κ3) is 3.01. The van der Waals surface area contributed by atoms with E-state index in [4.69, 9.17) is 18.6 Å². The van der Waals surface area contributed by atoms with Crippen molar-refractivity contribution in [2.75, 3.05) is 14.2 Å². The highest BCUT2D eigenvalue weighted by atomic mass is 16.6. The second kappa shape index (κ2) is 6.92. The lowest BCUT2D eigenvalue weighted by molar-refractivity contribution is -0.132. The van der Waals surface area contributed by atoms with E-state index in [2.05, 4.69) is 0 Å². The Hall–Kier alpha value is -3.28. The molecule has 6 heteroatoms. The van der Waals surface area contributed by atoms with Crippen molar-refractivity contribution in [1.29, 1.82) is 0 Å². The van der Waals surface area contributed by atoms with Crippen LogP contribution < -0.4 is 14.2 Å². The van der Waals surface area contributed by atoms with Gasteiger partial charge in [-0.3, -0.25) is 9.59 Å². The molecule has 0 aliphatic heterocycles. The number of hydrogen-bond donors (Lipinski definition) is 0. The van der Waals surface area contributed by atoms with Gasteiger partial charge in [-0.05, 0) is 37.3 Å². The van der Waals surface area contributed by atoms with Gasteiger partial charge in [0.1, 0.15) is 12.0 Å². The Morgan fingerprint density at radius 3 is 2.38 bits per heavy atom. The van der Waals surface area contributed by atoms with Gasteiger partial charge in [-0.1, -0.05) is 0 Å². The molecule has 0 bridgehead atoms. The molecule has 1 heterocycles. The molecule has 0 amide bonds. The SMILES string of the molecule is COc1cc(-c2oc3c(OC)cc(C=O)cc3c2C)ccc1OC(C)=O. The number of methoxy groups -OCH3 is 2. The first-order valence-corrected chi connectivity index (χ1v) is 7.91. The highest BCUT2D eigenvalue weighted by Gasteiger charge is 2.18. The van der Waals surface area contributed by atoms with Crippen molar-refractivity contribution in [2.24, 2.45) is 0 Å². The summed E-state index contributed by atoms with van der Waals surface area (Å²) in [6.07, 6.45) is 0.769. The highest BCUT2D eigenvalue weighted by molar-refractivity contribution is 5.95. The van der Waals surface area contributed by atoms with Crippen LogP contribution in [0.15, 0.2) is 34.7 Å². The average Bonchev–Trinajstić information content (AvgIpc) is 2.97. The molecule has 2 aromatic carbocycles. The van der Waals surface area contributed by atoms with E-state index in [0.29, 0.717) is 34.2 Å². The molecule has 1 aromatic heterocycles. The zero-order valence-electron chi connectivity index (χ0n) is 14.9. The number of hydrogen-bond acceptors (Lipinski definition) is 6. The third-order valence-corrected chi connectivity index (χ3v) is 4.06. The fourth-order valence-electron chi connectivity index (χ4n) is 2.85. The fraction of sp³-hybridized carbons (Fsp3) is 0.200. The third-order valence-electron chi connectivity index (χ3n) is 4.06. The van der Waals surface area contributed by atoms with Crippen molar-refractivity contribution in [1.82, 2.24) is 0 Å². The second-order valence-corrected chi connectivity index (χ2v) is 5.73. The van der Waals surface area contributed by atoms with Gasteiger partial charge in [0.05, 0.1) is 14.2 Å². The van der Waals surface area contributed by atoms with Gasteiger partial charge in [-0.25, -0.2) is 0 Å². The van der Waals surface area contributed by atoms with E-state index >= 15 is 0 Å². The average molecular weight is 354 g/mol. The minimum Gasteiger partial charge on any atom is -0.493 e. The van der Waals surface area contributed by atoms with Crippen LogP contribution in [0.3, 0.4) is 0 Å². The molecule has 3 aromatic rings. The Labute approximate surface area is 150 Å². The van der Waals surface area contributed by atoms with Crippen molar-refractivity contribution >= 4 is 23.2 Å². The summed E-state index contributed by atoms with van der Waals surface area (Å²) < 4.78 is 21.8. The predicted octanol–water partition coefficient (Wildman–Crippen LogP) is 4.16. The highest BCUT2D eigenvalue weighted by Crippen LogP contribution is 2.40. The van der Waals surface area contributed by atoms with E-state index in [1.165, 1.54) is 21.1 Å². The molecule has 26 heavy (non-hydrogen) atoms. The number of esters is 1. The fourth-order valence-corrected chi connectivity index (χ4v) is 2.85. The van der Waals surface area contributed by atoms with E-state index in [1.807, 2.05) is 6.92 Å². The molecule has 0 fully saturated rings. The van der Waals surface area contributed by atoms with Crippen molar-refractivity contribution in [3.05, 3.63) is 41.5 Å². The molecule has 134 valence electrons. The van der Waals surface area contributed by atoms with Crippen LogP contribution in [0.5, 0.6) is 17.2 Å². The van der Waals surface area contributed by atoms with E-state index in [-0.39, 0.29) is 0 Å². The topological polar surface area (TPSA) is 75.0 Å². The summed E-state index contributed by atoms with van der Waals surface area (Å²) in [4.78, 5) is 22.4. The number of aldehydes is 1. The van der Waals surface area contributed by atoms with E-state index in [0.717, 1.165) is 22.8 Å². The van der Waals surface area contributed by atoms with Gasteiger partial charge < -0.3 is 18.6 Å². The van der Waals surface area contributed by atoms with Crippen molar-refractivity contribution in [2.45, 2.75) is 13.8 Å². The Balaban J connectivity index is 2.18. The smallest absolute Gasteiger partial charge is 0.308 e. The summed E-state index contributed by atoms with van der Waals surface area (Å²) in [7, 11) is 3.02. The minimum atomic E-state index is -0.429. The number of fused-ring (bicyclic) bond motifs is 1. The van der Waals surface area contributed by atoms with Crippen LogP contribution in [0.4, 0.5) is 0 Å². The number of ether oxygens (including phenoxy) is 3. The Morgan fingerprint density at radius 2 is 1.77 bits per heavy atom. The minimum absolute atomic E-state index is 0.332. The summed E-state index contributed by atoms with van der Waals surface area (Å²) in [6, 6.07) is 8.55. The van der Waals surface area contributed by atoms with Gasteiger partial charge >= 0.3 is 5.97 Å². The van der Waals surface area contributed by atoms with Gasteiger partial charge in [0.25, 0.3) is 0 Å². The zero-order valence-corrected chi connectivity index (χ0v) is 14.9. The van der Waals surface area contributed by atoms with Gasteiger partial charge in [0.2, 0.25) is 0 Å². The van der Waals surface area contributed by atoms with E-state index in [9.17, 15) is 9.59 Å². The maximum Gasteiger partial charge on any atom is 0.308 e. The van der Waals surface area contributed by atoms with Crippen molar-refractivity contribution in [3.63, 3.8) is 0 Å². The Bertz CT molecular complexity index is 999. The van der Waals surface area contributed by atoms with Crippen molar-refractivity contribution < 1.29 is 28.2 Å². The van der Waals surface area contributed by atoms with Crippen LogP contribution in [0, 0.1) is 6.92 Å². The van der Waals surface area contributed by atoms with Crippen LogP contribution in [0.1, 0.15) is 22.8 Å². The summed E-state index contributed by atoms with van der Waals surface area (Å²) >= 11 is 0. The number of furan rings is 1. The number of rotatable bonds is 5. The lowest BCUT2D eigenvalue weighted by atomic mass is 10.0. The Morgan fingerprint density at radius 1 is 1.04 bits per heavy atom. The molecule has 0 aliphatic carbocycles. The molecular weight excluding hydrogens is 336 g/mol. The number of carbonyl (C=O) groups excluding carboxylic acids is 2. The van der Waals surface area contributed by atoms with E-state index in [1.54, 1.807) is 30.3 Å². The molecule has 0 saturated carbocycles. The first kappa shape index (κ1) is 17.5. The quantitative estimate of drug-likeness (QED) is 0.389. The lowest BCUT2D eigenvalue weighted by Gasteiger charge is -2.09. The molecule has 0 unspecified atom stereocenters. The Kier molecular flexibility index (Phi) is 4.67. The second-order valence-electron chi connectivity index (χ2n) is 5.73.